The van der Waals surface area contributed by atoms with Crippen molar-refractivity contribution >= 4 is 33.5 Å². The normalized spacial score (nSPS) is 11.1. The second kappa shape index (κ2) is 7.47. The van der Waals surface area contributed by atoms with Gasteiger partial charge in [0.15, 0.2) is 0 Å². The third-order valence-electron chi connectivity index (χ3n) is 4.13. The Labute approximate surface area is 160 Å². The van der Waals surface area contributed by atoms with Crippen molar-refractivity contribution in [3.63, 3.8) is 0 Å². The highest BCUT2D eigenvalue weighted by atomic mass is 32.1. The molecule has 6 heteroatoms. The molecule has 0 atom stereocenters. The van der Waals surface area contributed by atoms with Crippen LogP contribution < -0.4 is 10.2 Å². The number of methoxy groups -OCH3 is 1. The van der Waals surface area contributed by atoms with E-state index in [1.807, 2.05) is 23.6 Å². The number of anilines is 1. The Balaban J connectivity index is 1.50. The molecular formula is C21H17N3O2S. The first-order valence-corrected chi connectivity index (χ1v) is 9.22. The van der Waals surface area contributed by atoms with Gasteiger partial charge in [0.25, 0.3) is 0 Å². The lowest BCUT2D eigenvalue weighted by atomic mass is 10.1. The fourth-order valence-electron chi connectivity index (χ4n) is 2.75. The predicted molar refractivity (Wildman–Crippen MR) is 111 cm³/mol. The van der Waals surface area contributed by atoms with Crippen molar-refractivity contribution in [3.05, 3.63) is 71.6 Å². The van der Waals surface area contributed by atoms with Gasteiger partial charge in [-0.15, -0.1) is 11.3 Å². The van der Waals surface area contributed by atoms with Crippen molar-refractivity contribution in [2.45, 2.75) is 0 Å². The highest BCUT2D eigenvalue weighted by Crippen LogP contribution is 2.34. The molecule has 5 nitrogen and oxygen atoms in total. The van der Waals surface area contributed by atoms with Gasteiger partial charge >= 0.3 is 0 Å². The van der Waals surface area contributed by atoms with Gasteiger partial charge in [-0.1, -0.05) is 36.4 Å². The molecule has 0 bridgehead atoms. The first-order valence-electron chi connectivity index (χ1n) is 8.34. The minimum absolute atomic E-state index is 0.160. The molecule has 0 fully saturated rings. The van der Waals surface area contributed by atoms with E-state index in [4.69, 9.17) is 4.74 Å². The maximum Gasteiger partial charge on any atom is 0.203 e. The Kier molecular flexibility index (Phi) is 4.72. The van der Waals surface area contributed by atoms with Gasteiger partial charge in [-0.3, -0.25) is 5.43 Å². The standard InChI is InChI=1S/C21H17N3O2S/c1-26-17-8-9-20(25)18(11-17)19-13-27-21(23-19)24-22-12-14-6-7-15-4-2-3-5-16(15)10-14/h2-13,25H,1H3,(H,23,24)/b22-12+. The van der Waals surface area contributed by atoms with Crippen molar-refractivity contribution in [2.24, 2.45) is 5.10 Å². The van der Waals surface area contributed by atoms with E-state index in [9.17, 15) is 5.11 Å². The smallest absolute Gasteiger partial charge is 0.203 e. The fraction of sp³-hybridized carbons (Fsp3) is 0.0476. The molecule has 0 unspecified atom stereocenters. The molecule has 1 heterocycles. The summed E-state index contributed by atoms with van der Waals surface area (Å²) in [5.74, 6) is 0.826. The number of fused-ring (bicyclic) bond motifs is 1. The Hall–Kier alpha value is -3.38. The molecule has 1 aromatic heterocycles. The highest BCUT2D eigenvalue weighted by molar-refractivity contribution is 7.14. The van der Waals surface area contributed by atoms with Crippen LogP contribution in [0.4, 0.5) is 5.13 Å². The first kappa shape index (κ1) is 17.1. The zero-order valence-electron chi connectivity index (χ0n) is 14.6. The molecule has 0 saturated heterocycles. The molecule has 0 radical (unpaired) electrons. The SMILES string of the molecule is COc1ccc(O)c(-c2csc(N/N=C/c3ccc4ccccc4c3)n2)c1. The molecule has 0 saturated carbocycles. The number of aromatic hydroxyl groups is 1. The summed E-state index contributed by atoms with van der Waals surface area (Å²) < 4.78 is 5.21. The first-order chi connectivity index (χ1) is 13.2. The topological polar surface area (TPSA) is 66.7 Å². The number of rotatable bonds is 5. The van der Waals surface area contributed by atoms with Gasteiger partial charge in [0.1, 0.15) is 11.5 Å². The Morgan fingerprint density at radius 1 is 1.07 bits per heavy atom. The van der Waals surface area contributed by atoms with Crippen LogP contribution in [-0.4, -0.2) is 23.4 Å². The molecule has 0 spiro atoms. The third kappa shape index (κ3) is 3.75. The van der Waals surface area contributed by atoms with Gasteiger partial charge in [0.05, 0.1) is 19.0 Å². The molecule has 134 valence electrons. The third-order valence-corrected chi connectivity index (χ3v) is 4.88. The summed E-state index contributed by atoms with van der Waals surface area (Å²) in [7, 11) is 1.59. The molecule has 27 heavy (non-hydrogen) atoms. The summed E-state index contributed by atoms with van der Waals surface area (Å²) in [5.41, 5.74) is 5.24. The molecular weight excluding hydrogens is 358 g/mol. The summed E-state index contributed by atoms with van der Waals surface area (Å²) >= 11 is 1.42. The van der Waals surface area contributed by atoms with Gasteiger partial charge < -0.3 is 9.84 Å². The van der Waals surface area contributed by atoms with Gasteiger partial charge in [-0.2, -0.15) is 5.10 Å². The second-order valence-electron chi connectivity index (χ2n) is 5.90. The van der Waals surface area contributed by atoms with E-state index in [1.165, 1.54) is 22.1 Å². The lowest BCUT2D eigenvalue weighted by Crippen LogP contribution is -1.90. The number of hydrogen-bond acceptors (Lipinski definition) is 6. The number of ether oxygens (including phenoxy) is 1. The monoisotopic (exact) mass is 375 g/mol. The van der Waals surface area contributed by atoms with Crippen LogP contribution in [0.1, 0.15) is 5.56 Å². The Morgan fingerprint density at radius 2 is 1.93 bits per heavy atom. The minimum atomic E-state index is 0.160. The van der Waals surface area contributed by atoms with Gasteiger partial charge in [0.2, 0.25) is 5.13 Å². The number of benzene rings is 3. The molecule has 4 rings (SSSR count). The molecule has 0 amide bonds. The zero-order valence-corrected chi connectivity index (χ0v) is 15.4. The Bertz CT molecular complexity index is 1120. The minimum Gasteiger partial charge on any atom is -0.507 e. The van der Waals surface area contributed by atoms with Crippen molar-refractivity contribution in [1.82, 2.24) is 4.98 Å². The van der Waals surface area contributed by atoms with Crippen molar-refractivity contribution < 1.29 is 9.84 Å². The predicted octanol–water partition coefficient (Wildman–Crippen LogP) is 5.12. The van der Waals surface area contributed by atoms with E-state index in [0.29, 0.717) is 22.1 Å². The molecule has 0 aliphatic carbocycles. The summed E-state index contributed by atoms with van der Waals surface area (Å²) in [6.45, 7) is 0. The molecule has 3 aromatic carbocycles. The molecule has 4 aromatic rings. The number of nitrogens with one attached hydrogen (secondary N) is 1. The summed E-state index contributed by atoms with van der Waals surface area (Å²) in [5, 5.41) is 19.2. The Morgan fingerprint density at radius 3 is 2.78 bits per heavy atom. The van der Waals surface area contributed by atoms with E-state index < -0.39 is 0 Å². The lowest BCUT2D eigenvalue weighted by molar-refractivity contribution is 0.412. The van der Waals surface area contributed by atoms with E-state index in [0.717, 1.165) is 5.56 Å². The van der Waals surface area contributed by atoms with Crippen LogP contribution in [0.25, 0.3) is 22.0 Å². The number of thiazole rings is 1. The van der Waals surface area contributed by atoms with Crippen LogP contribution in [-0.2, 0) is 0 Å². The van der Waals surface area contributed by atoms with Crippen LogP contribution in [0.5, 0.6) is 11.5 Å². The quantitative estimate of drug-likeness (QED) is 0.375. The summed E-state index contributed by atoms with van der Waals surface area (Å²) in [6, 6.07) is 19.4. The number of aromatic nitrogens is 1. The van der Waals surface area contributed by atoms with Crippen LogP contribution in [0, 0.1) is 0 Å². The maximum absolute atomic E-state index is 10.1. The van der Waals surface area contributed by atoms with E-state index in [1.54, 1.807) is 31.5 Å². The van der Waals surface area contributed by atoms with Gasteiger partial charge in [-0.05, 0) is 40.6 Å². The number of phenolic OH excluding ortho intramolecular Hbond substituents is 1. The fourth-order valence-corrected chi connectivity index (χ4v) is 3.41. The highest BCUT2D eigenvalue weighted by Gasteiger charge is 2.10. The van der Waals surface area contributed by atoms with E-state index in [-0.39, 0.29) is 5.75 Å². The van der Waals surface area contributed by atoms with Crippen LogP contribution in [0.15, 0.2) is 71.1 Å². The largest absolute Gasteiger partial charge is 0.507 e. The molecule has 0 aliphatic rings. The van der Waals surface area contributed by atoms with Crippen LogP contribution >= 0.6 is 11.3 Å². The average Bonchev–Trinajstić information content (AvgIpc) is 3.17. The van der Waals surface area contributed by atoms with Crippen LogP contribution in [0.2, 0.25) is 0 Å². The molecule has 2 N–H and O–H groups in total. The lowest BCUT2D eigenvalue weighted by Gasteiger charge is -2.04. The van der Waals surface area contributed by atoms with E-state index >= 15 is 0 Å². The molecule has 0 aliphatic heterocycles. The number of nitrogens with zero attached hydrogens (tertiary/aromatic N) is 2. The average molecular weight is 375 g/mol. The van der Waals surface area contributed by atoms with Gasteiger partial charge in [0, 0.05) is 10.9 Å². The van der Waals surface area contributed by atoms with Crippen molar-refractivity contribution in [1.29, 1.82) is 0 Å². The van der Waals surface area contributed by atoms with E-state index in [2.05, 4.69) is 39.8 Å². The van der Waals surface area contributed by atoms with Crippen molar-refractivity contribution in [3.8, 4) is 22.8 Å². The van der Waals surface area contributed by atoms with Gasteiger partial charge in [-0.25, -0.2) is 4.98 Å². The zero-order chi connectivity index (χ0) is 18.6. The second-order valence-corrected chi connectivity index (χ2v) is 6.76. The summed E-state index contributed by atoms with van der Waals surface area (Å²) in [6.07, 6.45) is 1.76. The number of hydrazone groups is 1. The van der Waals surface area contributed by atoms with Crippen molar-refractivity contribution in [2.75, 3.05) is 12.5 Å². The number of hydrogen-bond donors (Lipinski definition) is 2. The summed E-state index contributed by atoms with van der Waals surface area (Å²) in [4.78, 5) is 4.48. The number of phenols is 1. The van der Waals surface area contributed by atoms with Crippen LogP contribution in [0.3, 0.4) is 0 Å². The maximum atomic E-state index is 10.1.